The van der Waals surface area contributed by atoms with E-state index in [1.54, 1.807) is 16.2 Å². The summed E-state index contributed by atoms with van der Waals surface area (Å²) in [5.41, 5.74) is 9.56. The minimum atomic E-state index is -0.727. The molecule has 4 nitrogen and oxygen atoms in total. The van der Waals surface area contributed by atoms with E-state index in [0.29, 0.717) is 32.4 Å². The van der Waals surface area contributed by atoms with Crippen molar-refractivity contribution in [2.24, 2.45) is 11.1 Å². The first-order valence-electron chi connectivity index (χ1n) is 10.2. The maximum atomic E-state index is 12.9. The van der Waals surface area contributed by atoms with Crippen LogP contribution in [0, 0.1) is 12.3 Å². The summed E-state index contributed by atoms with van der Waals surface area (Å²) in [7, 11) is 0. The fraction of sp³-hybridized carbons (Fsp3) is 0.280. The molecule has 4 rings (SSSR count). The minimum Gasteiger partial charge on any atom is -0.369 e. The van der Waals surface area contributed by atoms with E-state index in [1.165, 1.54) is 4.88 Å². The van der Waals surface area contributed by atoms with E-state index >= 15 is 0 Å². The maximum absolute atomic E-state index is 12.9. The SMILES string of the molecule is Cc1cccc(CC(=O)N2CC[C@](Cc3ccccc3-c3cccs3)(C(N)=O)C2)c1. The normalized spacial score (nSPS) is 18.5. The number of thiophene rings is 1. The van der Waals surface area contributed by atoms with Crippen LogP contribution in [0.5, 0.6) is 0 Å². The molecule has 2 heterocycles. The highest BCUT2D eigenvalue weighted by Crippen LogP contribution is 2.38. The van der Waals surface area contributed by atoms with Gasteiger partial charge in [-0.15, -0.1) is 11.3 Å². The number of carbonyl (C=O) groups excluding carboxylic acids is 2. The number of hydrogen-bond donors (Lipinski definition) is 1. The molecule has 1 fully saturated rings. The first-order chi connectivity index (χ1) is 14.5. The summed E-state index contributed by atoms with van der Waals surface area (Å²) >= 11 is 1.68. The van der Waals surface area contributed by atoms with Gasteiger partial charge < -0.3 is 10.6 Å². The highest BCUT2D eigenvalue weighted by molar-refractivity contribution is 7.13. The van der Waals surface area contributed by atoms with Gasteiger partial charge in [-0.3, -0.25) is 9.59 Å². The van der Waals surface area contributed by atoms with Gasteiger partial charge in [-0.1, -0.05) is 60.2 Å². The smallest absolute Gasteiger partial charge is 0.227 e. The quantitative estimate of drug-likeness (QED) is 0.652. The molecule has 3 aromatic rings. The van der Waals surface area contributed by atoms with Crippen molar-refractivity contribution in [1.29, 1.82) is 0 Å². The predicted molar refractivity (Wildman–Crippen MR) is 121 cm³/mol. The molecule has 2 N–H and O–H groups in total. The lowest BCUT2D eigenvalue weighted by Gasteiger charge is -2.27. The van der Waals surface area contributed by atoms with Gasteiger partial charge in [0.05, 0.1) is 11.8 Å². The third-order valence-electron chi connectivity index (χ3n) is 6.00. The molecule has 1 aromatic heterocycles. The Morgan fingerprint density at radius 3 is 2.67 bits per heavy atom. The molecule has 0 unspecified atom stereocenters. The van der Waals surface area contributed by atoms with Gasteiger partial charge in [0.1, 0.15) is 0 Å². The molecule has 5 heteroatoms. The third-order valence-corrected chi connectivity index (χ3v) is 6.90. The summed E-state index contributed by atoms with van der Waals surface area (Å²) in [6.07, 6.45) is 1.49. The van der Waals surface area contributed by atoms with E-state index in [4.69, 9.17) is 5.73 Å². The molecular formula is C25H26N2O2S. The van der Waals surface area contributed by atoms with Crippen LogP contribution in [0.1, 0.15) is 23.1 Å². The van der Waals surface area contributed by atoms with Gasteiger partial charge in [0.2, 0.25) is 11.8 Å². The number of aryl methyl sites for hydroxylation is 1. The first-order valence-corrected chi connectivity index (χ1v) is 11.1. The van der Waals surface area contributed by atoms with Crippen molar-refractivity contribution in [3.8, 4) is 10.4 Å². The second-order valence-electron chi connectivity index (χ2n) is 8.19. The highest BCUT2D eigenvalue weighted by Gasteiger charge is 2.45. The van der Waals surface area contributed by atoms with Crippen molar-refractivity contribution < 1.29 is 9.59 Å². The van der Waals surface area contributed by atoms with Crippen molar-refractivity contribution in [3.05, 3.63) is 82.7 Å². The van der Waals surface area contributed by atoms with Crippen molar-refractivity contribution >= 4 is 23.2 Å². The van der Waals surface area contributed by atoms with Crippen molar-refractivity contribution in [3.63, 3.8) is 0 Å². The number of rotatable bonds is 6. The van der Waals surface area contributed by atoms with E-state index in [9.17, 15) is 9.59 Å². The third kappa shape index (κ3) is 4.17. The Kier molecular flexibility index (Phi) is 5.73. The molecule has 0 aliphatic carbocycles. The predicted octanol–water partition coefficient (Wildman–Crippen LogP) is 4.21. The Labute approximate surface area is 181 Å². The van der Waals surface area contributed by atoms with Gasteiger partial charge in [-0.25, -0.2) is 0 Å². The molecule has 30 heavy (non-hydrogen) atoms. The molecule has 0 saturated carbocycles. The molecule has 1 saturated heterocycles. The molecule has 2 aromatic carbocycles. The average molecular weight is 419 g/mol. The molecular weight excluding hydrogens is 392 g/mol. The van der Waals surface area contributed by atoms with Crippen LogP contribution in [-0.2, 0) is 22.4 Å². The fourth-order valence-corrected chi connectivity index (χ4v) is 5.12. The lowest BCUT2D eigenvalue weighted by molar-refractivity contribution is -0.131. The summed E-state index contributed by atoms with van der Waals surface area (Å²) in [6, 6.07) is 20.3. The standard InChI is InChI=1S/C25H26N2O2S/c1-18-6-4-7-19(14-18)15-23(28)27-12-11-25(17-27,24(26)29)16-20-8-2-3-9-21(20)22-10-5-13-30-22/h2-10,13-14H,11-12,15-17H2,1H3,(H2,26,29)/t25-/m1/s1. The number of carbonyl (C=O) groups is 2. The van der Waals surface area contributed by atoms with Crippen LogP contribution in [0.25, 0.3) is 10.4 Å². The molecule has 1 aliphatic rings. The van der Waals surface area contributed by atoms with E-state index in [-0.39, 0.29) is 11.8 Å². The van der Waals surface area contributed by atoms with Gasteiger partial charge in [-0.05, 0) is 47.9 Å². The number of amides is 2. The molecule has 0 bridgehead atoms. The Balaban J connectivity index is 1.54. The van der Waals surface area contributed by atoms with E-state index in [0.717, 1.165) is 22.3 Å². The van der Waals surface area contributed by atoms with Crippen LogP contribution in [0.3, 0.4) is 0 Å². The van der Waals surface area contributed by atoms with E-state index < -0.39 is 5.41 Å². The zero-order chi connectivity index (χ0) is 21.1. The van der Waals surface area contributed by atoms with Crippen LogP contribution in [0.15, 0.2) is 66.0 Å². The summed E-state index contributed by atoms with van der Waals surface area (Å²) in [5, 5.41) is 2.05. The topological polar surface area (TPSA) is 63.4 Å². The summed E-state index contributed by atoms with van der Waals surface area (Å²) in [5.74, 6) is -0.274. The monoisotopic (exact) mass is 418 g/mol. The summed E-state index contributed by atoms with van der Waals surface area (Å²) < 4.78 is 0. The lowest BCUT2D eigenvalue weighted by Crippen LogP contribution is -2.42. The zero-order valence-corrected chi connectivity index (χ0v) is 18.0. The zero-order valence-electron chi connectivity index (χ0n) is 17.1. The Morgan fingerprint density at radius 2 is 1.93 bits per heavy atom. The van der Waals surface area contributed by atoms with Gasteiger partial charge in [0, 0.05) is 18.0 Å². The molecule has 1 aliphatic heterocycles. The van der Waals surface area contributed by atoms with Crippen molar-refractivity contribution in [2.75, 3.05) is 13.1 Å². The van der Waals surface area contributed by atoms with Crippen LogP contribution in [0.4, 0.5) is 0 Å². The minimum absolute atomic E-state index is 0.0512. The number of benzene rings is 2. The maximum Gasteiger partial charge on any atom is 0.227 e. The number of primary amides is 1. The number of nitrogens with two attached hydrogens (primary N) is 1. The summed E-state index contributed by atoms with van der Waals surface area (Å²) in [6.45, 7) is 2.97. The molecule has 0 radical (unpaired) electrons. The largest absolute Gasteiger partial charge is 0.369 e. The molecule has 154 valence electrons. The lowest BCUT2D eigenvalue weighted by atomic mass is 9.79. The van der Waals surface area contributed by atoms with E-state index in [1.807, 2.05) is 49.4 Å². The Bertz CT molecular complexity index is 1060. The fourth-order valence-electron chi connectivity index (χ4n) is 4.34. The second-order valence-corrected chi connectivity index (χ2v) is 9.13. The van der Waals surface area contributed by atoms with Crippen LogP contribution < -0.4 is 5.73 Å². The number of likely N-dealkylation sites (tertiary alicyclic amines) is 1. The molecule has 1 atom stereocenters. The van der Waals surface area contributed by atoms with Crippen molar-refractivity contribution in [1.82, 2.24) is 4.90 Å². The van der Waals surface area contributed by atoms with Gasteiger partial charge >= 0.3 is 0 Å². The van der Waals surface area contributed by atoms with Crippen molar-refractivity contribution in [2.45, 2.75) is 26.2 Å². The first kappa shape index (κ1) is 20.4. The van der Waals surface area contributed by atoms with Crippen LogP contribution in [0.2, 0.25) is 0 Å². The number of hydrogen-bond acceptors (Lipinski definition) is 3. The van der Waals surface area contributed by atoms with Gasteiger partial charge in [-0.2, -0.15) is 0 Å². The van der Waals surface area contributed by atoms with Gasteiger partial charge in [0.25, 0.3) is 0 Å². The average Bonchev–Trinajstić information content (AvgIpc) is 3.39. The Hall–Kier alpha value is -2.92. The Morgan fingerprint density at radius 1 is 1.10 bits per heavy atom. The van der Waals surface area contributed by atoms with Crippen LogP contribution >= 0.6 is 11.3 Å². The molecule has 0 spiro atoms. The highest BCUT2D eigenvalue weighted by atomic mass is 32.1. The van der Waals surface area contributed by atoms with Gasteiger partial charge in [0.15, 0.2) is 0 Å². The van der Waals surface area contributed by atoms with Crippen LogP contribution in [-0.4, -0.2) is 29.8 Å². The summed E-state index contributed by atoms with van der Waals surface area (Å²) in [4.78, 5) is 28.5. The second kappa shape index (κ2) is 8.44. The van der Waals surface area contributed by atoms with E-state index in [2.05, 4.69) is 23.6 Å². The molecule has 2 amide bonds. The number of nitrogens with zero attached hydrogens (tertiary/aromatic N) is 1.